The molecule has 0 saturated carbocycles. The van der Waals surface area contributed by atoms with Gasteiger partial charge in [-0.2, -0.15) is 0 Å². The van der Waals surface area contributed by atoms with Crippen LogP contribution in [0.25, 0.3) is 0 Å². The van der Waals surface area contributed by atoms with Gasteiger partial charge in [0.2, 0.25) is 11.8 Å². The summed E-state index contributed by atoms with van der Waals surface area (Å²) in [6, 6.07) is 12.1. The molecule has 2 aromatic rings. The number of amides is 2. The van der Waals surface area contributed by atoms with E-state index in [1.54, 1.807) is 22.5 Å². The van der Waals surface area contributed by atoms with E-state index in [0.29, 0.717) is 19.6 Å². The van der Waals surface area contributed by atoms with Crippen molar-refractivity contribution in [3.8, 4) is 0 Å². The smallest absolute Gasteiger partial charge is 0.250 e. The number of carbonyl (C=O) groups excluding carboxylic acids is 2. The molecular formula is C24H27N3O4. The van der Waals surface area contributed by atoms with E-state index in [1.165, 1.54) is 11.6 Å². The number of rotatable bonds is 3. The number of aliphatic hydroxyl groups excluding tert-OH is 1. The Kier molecular flexibility index (Phi) is 4.93. The van der Waals surface area contributed by atoms with E-state index in [-0.39, 0.29) is 42.4 Å². The molecule has 1 N–H and O–H groups in total. The zero-order valence-corrected chi connectivity index (χ0v) is 17.6. The maximum Gasteiger partial charge on any atom is 0.250 e. The third-order valence-corrected chi connectivity index (χ3v) is 7.24. The number of aliphatic hydroxyl groups is 1. The van der Waals surface area contributed by atoms with E-state index in [0.717, 1.165) is 17.7 Å². The van der Waals surface area contributed by atoms with Gasteiger partial charge in [0.15, 0.2) is 0 Å². The van der Waals surface area contributed by atoms with Crippen molar-refractivity contribution in [2.45, 2.75) is 44.9 Å². The largest absolute Gasteiger partial charge is 0.396 e. The third-order valence-electron chi connectivity index (χ3n) is 7.24. The number of nitrogens with zero attached hydrogens (tertiary/aromatic N) is 3. The number of hydrogen-bond acceptors (Lipinski definition) is 4. The molecule has 4 atom stereocenters. The topological polar surface area (TPSA) is 82.9 Å². The van der Waals surface area contributed by atoms with Gasteiger partial charge < -0.3 is 19.5 Å². The molecular weight excluding hydrogens is 394 g/mol. The van der Waals surface area contributed by atoms with Crippen LogP contribution in [0.5, 0.6) is 0 Å². The van der Waals surface area contributed by atoms with Gasteiger partial charge in [-0.3, -0.25) is 14.4 Å². The fraction of sp³-hybridized carbons (Fsp3) is 0.458. The Balaban J connectivity index is 1.52. The molecule has 3 aliphatic heterocycles. The summed E-state index contributed by atoms with van der Waals surface area (Å²) >= 11 is 0. The van der Waals surface area contributed by atoms with E-state index in [9.17, 15) is 19.5 Å². The van der Waals surface area contributed by atoms with E-state index in [1.807, 2.05) is 29.2 Å². The van der Waals surface area contributed by atoms with Gasteiger partial charge in [-0.05, 0) is 23.6 Å². The number of likely N-dealkylation sites (tertiary alicyclic amines) is 1. The minimum absolute atomic E-state index is 0.102. The first kappa shape index (κ1) is 20.0. The van der Waals surface area contributed by atoms with Crippen LogP contribution in [0.1, 0.15) is 36.2 Å². The lowest BCUT2D eigenvalue weighted by Gasteiger charge is -2.36. The molecule has 4 heterocycles. The van der Waals surface area contributed by atoms with Gasteiger partial charge in [0.05, 0.1) is 6.04 Å². The SMILES string of the molecule is CCC(=O)N1[C@@H]2c3cccc(=O)n3C[C@@H]2[C@@H](CO)[C@@H]1C(=O)N1CCc2ccccc2C1. The average Bonchev–Trinajstić information content (AvgIpc) is 3.33. The Morgan fingerprint density at radius 2 is 1.87 bits per heavy atom. The second kappa shape index (κ2) is 7.64. The lowest BCUT2D eigenvalue weighted by molar-refractivity contribution is -0.147. The van der Waals surface area contributed by atoms with Crippen LogP contribution in [-0.2, 0) is 29.1 Å². The Morgan fingerprint density at radius 3 is 2.61 bits per heavy atom. The van der Waals surface area contributed by atoms with Crippen molar-refractivity contribution in [3.63, 3.8) is 0 Å². The summed E-state index contributed by atoms with van der Waals surface area (Å²) < 4.78 is 1.69. The Hall–Kier alpha value is -2.93. The summed E-state index contributed by atoms with van der Waals surface area (Å²) in [6.45, 7) is 3.13. The van der Waals surface area contributed by atoms with Crippen molar-refractivity contribution < 1.29 is 14.7 Å². The highest BCUT2D eigenvalue weighted by Crippen LogP contribution is 2.49. The first-order valence-electron chi connectivity index (χ1n) is 11.0. The molecule has 7 heteroatoms. The zero-order valence-electron chi connectivity index (χ0n) is 17.6. The number of pyridine rings is 1. The van der Waals surface area contributed by atoms with Crippen LogP contribution in [0.4, 0.5) is 0 Å². The molecule has 0 bridgehead atoms. The monoisotopic (exact) mass is 421 g/mol. The maximum absolute atomic E-state index is 13.8. The summed E-state index contributed by atoms with van der Waals surface area (Å²) in [7, 11) is 0. The Labute approximate surface area is 180 Å². The molecule has 2 amide bonds. The highest BCUT2D eigenvalue weighted by Gasteiger charge is 2.57. The van der Waals surface area contributed by atoms with Crippen molar-refractivity contribution in [3.05, 3.63) is 69.6 Å². The van der Waals surface area contributed by atoms with Crippen LogP contribution < -0.4 is 5.56 Å². The van der Waals surface area contributed by atoms with Crippen LogP contribution in [0, 0.1) is 11.8 Å². The van der Waals surface area contributed by atoms with Crippen molar-refractivity contribution in [1.82, 2.24) is 14.4 Å². The van der Waals surface area contributed by atoms with E-state index >= 15 is 0 Å². The molecule has 5 rings (SSSR count). The molecule has 0 spiro atoms. The Morgan fingerprint density at radius 1 is 1.10 bits per heavy atom. The third kappa shape index (κ3) is 3.02. The van der Waals surface area contributed by atoms with Crippen LogP contribution >= 0.6 is 0 Å². The summed E-state index contributed by atoms with van der Waals surface area (Å²) in [4.78, 5) is 42.7. The minimum atomic E-state index is -0.707. The molecule has 1 saturated heterocycles. The fourth-order valence-corrected chi connectivity index (χ4v) is 5.75. The molecule has 31 heavy (non-hydrogen) atoms. The van der Waals surface area contributed by atoms with Crippen molar-refractivity contribution in [1.29, 1.82) is 0 Å². The lowest BCUT2D eigenvalue weighted by Crippen LogP contribution is -2.52. The summed E-state index contributed by atoms with van der Waals surface area (Å²) in [5.41, 5.74) is 3.04. The van der Waals surface area contributed by atoms with Crippen molar-refractivity contribution >= 4 is 11.8 Å². The number of aromatic nitrogens is 1. The first-order chi connectivity index (χ1) is 15.0. The van der Waals surface area contributed by atoms with Gasteiger partial charge in [-0.25, -0.2) is 0 Å². The number of carbonyl (C=O) groups is 2. The molecule has 1 fully saturated rings. The van der Waals surface area contributed by atoms with Gasteiger partial charge in [0.25, 0.3) is 5.56 Å². The van der Waals surface area contributed by atoms with Crippen molar-refractivity contribution in [2.24, 2.45) is 11.8 Å². The van der Waals surface area contributed by atoms with Gasteiger partial charge in [0, 0.05) is 56.3 Å². The fourth-order valence-electron chi connectivity index (χ4n) is 5.75. The molecule has 1 aromatic carbocycles. The number of hydrogen-bond donors (Lipinski definition) is 1. The second-order valence-corrected chi connectivity index (χ2v) is 8.73. The highest BCUT2D eigenvalue weighted by atomic mass is 16.3. The molecule has 0 aliphatic carbocycles. The average molecular weight is 421 g/mol. The molecule has 7 nitrogen and oxygen atoms in total. The Bertz CT molecular complexity index is 1090. The van der Waals surface area contributed by atoms with E-state index in [4.69, 9.17) is 0 Å². The number of benzene rings is 1. The van der Waals surface area contributed by atoms with Crippen LogP contribution in [-0.4, -0.2) is 50.5 Å². The van der Waals surface area contributed by atoms with E-state index in [2.05, 4.69) is 6.07 Å². The van der Waals surface area contributed by atoms with Crippen LogP contribution in [0.3, 0.4) is 0 Å². The van der Waals surface area contributed by atoms with Gasteiger partial charge in [0.1, 0.15) is 6.04 Å². The van der Waals surface area contributed by atoms with Gasteiger partial charge in [-0.1, -0.05) is 37.3 Å². The number of fused-ring (bicyclic) bond motifs is 4. The summed E-state index contributed by atoms with van der Waals surface area (Å²) in [5, 5.41) is 10.3. The predicted octanol–water partition coefficient (Wildman–Crippen LogP) is 1.33. The van der Waals surface area contributed by atoms with Crippen LogP contribution in [0.2, 0.25) is 0 Å². The summed E-state index contributed by atoms with van der Waals surface area (Å²) in [5.74, 6) is -0.771. The molecule has 3 aliphatic rings. The summed E-state index contributed by atoms with van der Waals surface area (Å²) in [6.07, 6.45) is 1.05. The zero-order chi connectivity index (χ0) is 21.7. The second-order valence-electron chi connectivity index (χ2n) is 8.73. The van der Waals surface area contributed by atoms with Crippen molar-refractivity contribution in [2.75, 3.05) is 13.2 Å². The quantitative estimate of drug-likeness (QED) is 0.811. The minimum Gasteiger partial charge on any atom is -0.396 e. The molecule has 1 aromatic heterocycles. The first-order valence-corrected chi connectivity index (χ1v) is 11.0. The lowest BCUT2D eigenvalue weighted by atomic mass is 9.87. The predicted molar refractivity (Wildman–Crippen MR) is 114 cm³/mol. The molecule has 0 radical (unpaired) electrons. The van der Waals surface area contributed by atoms with Gasteiger partial charge >= 0.3 is 0 Å². The molecule has 0 unspecified atom stereocenters. The normalized spacial score (nSPS) is 26.4. The highest BCUT2D eigenvalue weighted by molar-refractivity contribution is 5.89. The van der Waals surface area contributed by atoms with E-state index < -0.39 is 12.0 Å². The van der Waals surface area contributed by atoms with Crippen LogP contribution in [0.15, 0.2) is 47.3 Å². The maximum atomic E-state index is 13.8. The molecule has 162 valence electrons. The standard InChI is InChI=1S/C24H27N3O4/c1-2-20(29)27-22-17(13-26-19(22)8-5-9-21(26)30)18(14-28)23(27)24(31)25-11-10-15-6-3-4-7-16(15)12-25/h3-9,17-18,22-23,28H,2,10-14H2,1H3/t17-,18-,22+,23-/m1/s1. The van der Waals surface area contributed by atoms with Gasteiger partial charge in [-0.15, -0.1) is 0 Å².